The third-order valence-corrected chi connectivity index (χ3v) is 3.49. The number of nitrogens with one attached hydrogen (secondary N) is 1. The molecule has 1 aliphatic heterocycles. The molecule has 0 amide bonds. The highest BCUT2D eigenvalue weighted by atomic mass is 79.9. The summed E-state index contributed by atoms with van der Waals surface area (Å²) in [6.07, 6.45) is 3.75. The summed E-state index contributed by atoms with van der Waals surface area (Å²) in [5.74, 6) is 0. The first-order valence-corrected chi connectivity index (χ1v) is 5.97. The molecule has 76 valence electrons. The van der Waals surface area contributed by atoms with Gasteiger partial charge in [-0.3, -0.25) is 0 Å². The maximum atomic E-state index is 3.58. The smallest absolute Gasteiger partial charge is 0.0194 e. The van der Waals surface area contributed by atoms with Gasteiger partial charge in [0.25, 0.3) is 0 Å². The quantitative estimate of drug-likeness (QED) is 0.854. The zero-order valence-electron chi connectivity index (χ0n) is 8.52. The molecular weight excluding hydrogens is 238 g/mol. The Morgan fingerprint density at radius 3 is 2.64 bits per heavy atom. The summed E-state index contributed by atoms with van der Waals surface area (Å²) in [7, 11) is 0. The van der Waals surface area contributed by atoms with Gasteiger partial charge in [-0.25, -0.2) is 0 Å². The summed E-state index contributed by atoms with van der Waals surface area (Å²) in [5, 5.41) is 3.58. The molecule has 2 heteroatoms. The Labute approximate surface area is 94.0 Å². The van der Waals surface area contributed by atoms with E-state index >= 15 is 0 Å². The van der Waals surface area contributed by atoms with Gasteiger partial charge in [0.15, 0.2) is 0 Å². The van der Waals surface area contributed by atoms with Crippen molar-refractivity contribution >= 4 is 15.9 Å². The number of hydrogen-bond donors (Lipinski definition) is 1. The Kier molecular flexibility index (Phi) is 2.93. The minimum absolute atomic E-state index is 0.327. The van der Waals surface area contributed by atoms with Crippen LogP contribution in [-0.4, -0.2) is 12.1 Å². The summed E-state index contributed by atoms with van der Waals surface area (Å²) < 4.78 is 1.16. The largest absolute Gasteiger partial charge is 0.311 e. The Hall–Kier alpha value is -0.340. The van der Waals surface area contributed by atoms with Gasteiger partial charge < -0.3 is 5.32 Å². The molecule has 1 nitrogen and oxygen atoms in total. The molecule has 2 rings (SSSR count). The molecule has 1 fully saturated rings. The maximum absolute atomic E-state index is 3.58. The van der Waals surface area contributed by atoms with Crippen LogP contribution in [0.25, 0.3) is 0 Å². The number of halogens is 1. The highest BCUT2D eigenvalue weighted by Crippen LogP contribution is 2.24. The monoisotopic (exact) mass is 253 g/mol. The average Bonchev–Trinajstić information content (AvgIpc) is 2.57. The molecule has 0 radical (unpaired) electrons. The number of hydrogen-bond acceptors (Lipinski definition) is 1. The first kappa shape index (κ1) is 10.2. The van der Waals surface area contributed by atoms with Crippen LogP contribution in [0, 0.1) is 0 Å². The predicted molar refractivity (Wildman–Crippen MR) is 63.5 cm³/mol. The fourth-order valence-electron chi connectivity index (χ4n) is 2.16. The Morgan fingerprint density at radius 1 is 1.36 bits per heavy atom. The predicted octanol–water partition coefficient (Wildman–Crippen LogP) is 3.13. The molecule has 1 atom stereocenters. The lowest BCUT2D eigenvalue weighted by atomic mass is 9.91. The zero-order chi connectivity index (χ0) is 10.0. The maximum Gasteiger partial charge on any atom is 0.0194 e. The van der Waals surface area contributed by atoms with Crippen molar-refractivity contribution in [3.8, 4) is 0 Å². The molecule has 1 aromatic carbocycles. The molecule has 1 N–H and O–H groups in total. The van der Waals surface area contributed by atoms with Crippen molar-refractivity contribution in [2.75, 3.05) is 6.54 Å². The molecular formula is C12H16BrN. The van der Waals surface area contributed by atoms with E-state index in [2.05, 4.69) is 52.4 Å². The van der Waals surface area contributed by atoms with Crippen molar-refractivity contribution < 1.29 is 0 Å². The van der Waals surface area contributed by atoms with Crippen LogP contribution < -0.4 is 5.32 Å². The molecule has 14 heavy (non-hydrogen) atoms. The van der Waals surface area contributed by atoms with Gasteiger partial charge in [0.05, 0.1) is 0 Å². The van der Waals surface area contributed by atoms with E-state index in [1.54, 1.807) is 0 Å². The van der Waals surface area contributed by atoms with Crippen LogP contribution in [-0.2, 0) is 6.42 Å². The van der Waals surface area contributed by atoms with E-state index in [4.69, 9.17) is 0 Å². The molecule has 1 heterocycles. The van der Waals surface area contributed by atoms with E-state index in [0.29, 0.717) is 5.54 Å². The van der Waals surface area contributed by atoms with Crippen molar-refractivity contribution in [2.24, 2.45) is 0 Å². The minimum atomic E-state index is 0.327. The van der Waals surface area contributed by atoms with E-state index in [-0.39, 0.29) is 0 Å². The minimum Gasteiger partial charge on any atom is -0.311 e. The second-order valence-electron chi connectivity index (χ2n) is 4.39. The highest BCUT2D eigenvalue weighted by molar-refractivity contribution is 9.10. The second kappa shape index (κ2) is 4.03. The van der Waals surface area contributed by atoms with Gasteiger partial charge in [-0.05, 0) is 50.4 Å². The van der Waals surface area contributed by atoms with Crippen LogP contribution in [0.4, 0.5) is 0 Å². The normalized spacial score (nSPS) is 26.7. The molecule has 1 saturated heterocycles. The molecule has 0 aromatic heterocycles. The molecule has 1 aliphatic rings. The fraction of sp³-hybridized carbons (Fsp3) is 0.500. The van der Waals surface area contributed by atoms with Crippen LogP contribution in [0.2, 0.25) is 0 Å². The zero-order valence-corrected chi connectivity index (χ0v) is 10.1. The third-order valence-electron chi connectivity index (χ3n) is 2.96. The van der Waals surface area contributed by atoms with Gasteiger partial charge in [0.2, 0.25) is 0 Å². The first-order valence-electron chi connectivity index (χ1n) is 5.17. The van der Waals surface area contributed by atoms with E-state index in [1.807, 2.05) is 0 Å². The van der Waals surface area contributed by atoms with Gasteiger partial charge in [-0.15, -0.1) is 0 Å². The van der Waals surface area contributed by atoms with Crippen molar-refractivity contribution in [3.05, 3.63) is 34.3 Å². The van der Waals surface area contributed by atoms with E-state index in [1.165, 1.54) is 24.9 Å². The van der Waals surface area contributed by atoms with Crippen molar-refractivity contribution in [2.45, 2.75) is 31.7 Å². The lowest BCUT2D eigenvalue weighted by molar-refractivity contribution is 0.412. The molecule has 0 spiro atoms. The van der Waals surface area contributed by atoms with E-state index in [0.717, 1.165) is 10.9 Å². The van der Waals surface area contributed by atoms with Crippen molar-refractivity contribution in [3.63, 3.8) is 0 Å². The summed E-state index contributed by atoms with van der Waals surface area (Å²) in [4.78, 5) is 0. The standard InChI is InChI=1S/C12H16BrN/c1-12(7-2-8-14-12)9-10-3-5-11(13)6-4-10/h3-6,14H,2,7-9H2,1H3/t12-/m0/s1. The molecule has 0 aliphatic carbocycles. The lowest BCUT2D eigenvalue weighted by Crippen LogP contribution is -2.38. The van der Waals surface area contributed by atoms with E-state index < -0.39 is 0 Å². The SMILES string of the molecule is C[C@@]1(Cc2ccc(Br)cc2)CCCN1. The van der Waals surface area contributed by atoms with Gasteiger partial charge in [0.1, 0.15) is 0 Å². The number of benzene rings is 1. The first-order chi connectivity index (χ1) is 6.68. The second-order valence-corrected chi connectivity index (χ2v) is 5.31. The highest BCUT2D eigenvalue weighted by Gasteiger charge is 2.27. The Bertz CT molecular complexity index is 299. The van der Waals surface area contributed by atoms with Gasteiger partial charge in [-0.2, -0.15) is 0 Å². The van der Waals surface area contributed by atoms with Gasteiger partial charge >= 0.3 is 0 Å². The topological polar surface area (TPSA) is 12.0 Å². The van der Waals surface area contributed by atoms with Crippen molar-refractivity contribution in [1.82, 2.24) is 5.32 Å². The van der Waals surface area contributed by atoms with Gasteiger partial charge in [0, 0.05) is 10.0 Å². The Balaban J connectivity index is 2.06. The summed E-state index contributed by atoms with van der Waals surface area (Å²) >= 11 is 3.46. The van der Waals surface area contributed by atoms with Crippen LogP contribution in [0.3, 0.4) is 0 Å². The summed E-state index contributed by atoms with van der Waals surface area (Å²) in [6.45, 7) is 3.50. The lowest BCUT2D eigenvalue weighted by Gasteiger charge is -2.24. The van der Waals surface area contributed by atoms with Crippen LogP contribution >= 0.6 is 15.9 Å². The van der Waals surface area contributed by atoms with E-state index in [9.17, 15) is 0 Å². The van der Waals surface area contributed by atoms with Crippen molar-refractivity contribution in [1.29, 1.82) is 0 Å². The van der Waals surface area contributed by atoms with Crippen LogP contribution in [0.1, 0.15) is 25.3 Å². The molecule has 0 unspecified atom stereocenters. The number of rotatable bonds is 2. The average molecular weight is 254 g/mol. The Morgan fingerprint density at radius 2 is 2.07 bits per heavy atom. The summed E-state index contributed by atoms with van der Waals surface area (Å²) in [6, 6.07) is 8.64. The molecule has 1 aromatic rings. The van der Waals surface area contributed by atoms with Crippen LogP contribution in [0.5, 0.6) is 0 Å². The molecule has 0 saturated carbocycles. The van der Waals surface area contributed by atoms with Crippen LogP contribution in [0.15, 0.2) is 28.7 Å². The fourth-order valence-corrected chi connectivity index (χ4v) is 2.43. The molecule has 0 bridgehead atoms. The van der Waals surface area contributed by atoms with Gasteiger partial charge in [-0.1, -0.05) is 28.1 Å². The third kappa shape index (κ3) is 2.37. The summed E-state index contributed by atoms with van der Waals surface area (Å²) in [5.41, 5.74) is 1.75.